The molecule has 0 amide bonds. The topological polar surface area (TPSA) is 0 Å². The van der Waals surface area contributed by atoms with Crippen LogP contribution >= 0.6 is 0 Å². The first kappa shape index (κ1) is 9.83. The van der Waals surface area contributed by atoms with E-state index < -0.39 is 0 Å². The van der Waals surface area contributed by atoms with Crippen molar-refractivity contribution in [2.75, 3.05) is 0 Å². The molecule has 1 heteroatoms. The molecule has 12 heavy (non-hydrogen) atoms. The molecule has 0 saturated heterocycles. The van der Waals surface area contributed by atoms with E-state index in [0.717, 1.165) is 0 Å². The van der Waals surface area contributed by atoms with Gasteiger partial charge in [0.2, 0.25) is 0 Å². The predicted octanol–water partition coefficient (Wildman–Crippen LogP) is 2.33. The van der Waals surface area contributed by atoms with Crippen LogP contribution < -0.4 is 3.61 Å². The second kappa shape index (κ2) is 5.40. The summed E-state index contributed by atoms with van der Waals surface area (Å²) in [7, 11) is 0. The minimum atomic E-state index is -0.114. The molecular weight excluding hydrogens is 260 g/mol. The third kappa shape index (κ3) is 3.43. The first-order chi connectivity index (χ1) is 5.83. The summed E-state index contributed by atoms with van der Waals surface area (Å²) < 4.78 is 2.97. The van der Waals surface area contributed by atoms with Crippen molar-refractivity contribution in [1.29, 1.82) is 0 Å². The van der Waals surface area contributed by atoms with E-state index in [0.29, 0.717) is 0 Å². The maximum absolute atomic E-state index is 4.10. The number of hydrogen-bond acceptors (Lipinski definition) is 0. The van der Waals surface area contributed by atoms with Crippen molar-refractivity contribution in [3.63, 3.8) is 0 Å². The summed E-state index contributed by atoms with van der Waals surface area (Å²) in [6.45, 7) is 6.31. The number of allylic oxidation sites excluding steroid dienone is 1. The zero-order valence-electron chi connectivity index (χ0n) is 7.42. The van der Waals surface area contributed by atoms with Gasteiger partial charge in [0.1, 0.15) is 0 Å². The number of rotatable bonds is 4. The van der Waals surface area contributed by atoms with Crippen LogP contribution in [0.3, 0.4) is 0 Å². The van der Waals surface area contributed by atoms with Gasteiger partial charge in [0.25, 0.3) is 0 Å². The van der Waals surface area contributed by atoms with Crippen LogP contribution in [-0.2, 0) is 0 Å². The molecular formula is C11H14Te. The zero-order chi connectivity index (χ0) is 8.81. The SMILES string of the molecule is C=C(CCC)[Te]c1ccccc1. The third-order valence-electron chi connectivity index (χ3n) is 1.53. The van der Waals surface area contributed by atoms with Gasteiger partial charge in [0.15, 0.2) is 0 Å². The molecule has 0 aliphatic rings. The van der Waals surface area contributed by atoms with Gasteiger partial charge in [-0.2, -0.15) is 0 Å². The molecule has 0 N–H and O–H groups in total. The molecule has 0 aromatic heterocycles. The van der Waals surface area contributed by atoms with Gasteiger partial charge in [-0.25, -0.2) is 0 Å². The summed E-state index contributed by atoms with van der Waals surface area (Å²) in [5, 5.41) is 0. The van der Waals surface area contributed by atoms with Crippen molar-refractivity contribution in [2.24, 2.45) is 0 Å². The van der Waals surface area contributed by atoms with Crippen LogP contribution in [0.5, 0.6) is 0 Å². The van der Waals surface area contributed by atoms with Crippen molar-refractivity contribution < 1.29 is 0 Å². The quantitative estimate of drug-likeness (QED) is 0.739. The Morgan fingerprint density at radius 3 is 2.58 bits per heavy atom. The molecule has 0 heterocycles. The average Bonchev–Trinajstić information content (AvgIpc) is 2.06. The van der Waals surface area contributed by atoms with Gasteiger partial charge in [-0.1, -0.05) is 0 Å². The molecule has 0 nitrogen and oxygen atoms in total. The summed E-state index contributed by atoms with van der Waals surface area (Å²) in [6, 6.07) is 10.7. The molecule has 0 bridgehead atoms. The fraction of sp³-hybridized carbons (Fsp3) is 0.273. The van der Waals surface area contributed by atoms with Gasteiger partial charge in [0, 0.05) is 0 Å². The zero-order valence-corrected chi connectivity index (χ0v) is 9.75. The van der Waals surface area contributed by atoms with E-state index in [-0.39, 0.29) is 20.9 Å². The molecule has 1 aromatic carbocycles. The number of benzene rings is 1. The Morgan fingerprint density at radius 2 is 2.00 bits per heavy atom. The third-order valence-corrected chi connectivity index (χ3v) is 4.39. The summed E-state index contributed by atoms with van der Waals surface area (Å²) in [6.07, 6.45) is 2.44. The van der Waals surface area contributed by atoms with Crippen LogP contribution in [-0.4, -0.2) is 20.9 Å². The Hall–Kier alpha value is -0.250. The molecule has 0 fully saturated rings. The summed E-state index contributed by atoms with van der Waals surface area (Å²) >= 11 is -0.114. The van der Waals surface area contributed by atoms with Crippen LogP contribution in [0, 0.1) is 0 Å². The van der Waals surface area contributed by atoms with Crippen molar-refractivity contribution in [2.45, 2.75) is 19.8 Å². The number of hydrogen-bond donors (Lipinski definition) is 0. The van der Waals surface area contributed by atoms with E-state index in [1.54, 1.807) is 0 Å². The van der Waals surface area contributed by atoms with Crippen LogP contribution in [0.25, 0.3) is 0 Å². The monoisotopic (exact) mass is 276 g/mol. The maximum atomic E-state index is 4.10. The van der Waals surface area contributed by atoms with Gasteiger partial charge < -0.3 is 0 Å². The Balaban J connectivity index is 2.47. The molecule has 1 rings (SSSR count). The second-order valence-corrected chi connectivity index (χ2v) is 6.28. The molecule has 0 saturated carbocycles. The standard InChI is InChI=1S/C11H14Te/c1-3-7-10(2)12-11-8-5-4-6-9-11/h4-6,8-9H,2-3,7H2,1H3. The molecule has 0 unspecified atom stereocenters. The van der Waals surface area contributed by atoms with Crippen molar-refractivity contribution in [3.8, 4) is 0 Å². The molecule has 0 aliphatic carbocycles. The van der Waals surface area contributed by atoms with Crippen LogP contribution in [0.15, 0.2) is 40.5 Å². The average molecular weight is 274 g/mol. The second-order valence-electron chi connectivity index (χ2n) is 2.70. The normalized spacial score (nSPS) is 9.75. The first-order valence-corrected chi connectivity index (χ1v) is 6.56. The van der Waals surface area contributed by atoms with E-state index >= 15 is 0 Å². The van der Waals surface area contributed by atoms with Crippen LogP contribution in [0.2, 0.25) is 0 Å². The molecule has 0 spiro atoms. The first-order valence-electron chi connectivity index (χ1n) is 4.23. The summed E-state index contributed by atoms with van der Waals surface area (Å²) in [5.41, 5.74) is 0. The van der Waals surface area contributed by atoms with E-state index in [1.807, 2.05) is 0 Å². The minimum absolute atomic E-state index is 0.114. The fourth-order valence-corrected chi connectivity index (χ4v) is 3.65. The van der Waals surface area contributed by atoms with Crippen LogP contribution in [0.4, 0.5) is 0 Å². The van der Waals surface area contributed by atoms with E-state index in [1.165, 1.54) is 20.1 Å². The predicted molar refractivity (Wildman–Crippen MR) is 55.9 cm³/mol. The van der Waals surface area contributed by atoms with Gasteiger partial charge in [0.05, 0.1) is 0 Å². The van der Waals surface area contributed by atoms with Gasteiger partial charge in [-0.3, -0.25) is 0 Å². The Morgan fingerprint density at radius 1 is 1.33 bits per heavy atom. The van der Waals surface area contributed by atoms with E-state index in [9.17, 15) is 0 Å². The van der Waals surface area contributed by atoms with Crippen molar-refractivity contribution in [3.05, 3.63) is 40.5 Å². The van der Waals surface area contributed by atoms with Gasteiger partial charge in [-0.05, 0) is 0 Å². The summed E-state index contributed by atoms with van der Waals surface area (Å²) in [5.74, 6) is 0. The molecule has 64 valence electrons. The van der Waals surface area contributed by atoms with Crippen molar-refractivity contribution >= 4 is 24.5 Å². The summed E-state index contributed by atoms with van der Waals surface area (Å²) in [4.78, 5) is 0. The van der Waals surface area contributed by atoms with E-state index in [4.69, 9.17) is 0 Å². The Bertz CT molecular complexity index is 238. The molecule has 0 aliphatic heterocycles. The van der Waals surface area contributed by atoms with Gasteiger partial charge in [-0.15, -0.1) is 0 Å². The molecule has 0 radical (unpaired) electrons. The molecule has 1 aromatic rings. The molecule has 0 atom stereocenters. The Kier molecular flexibility index (Phi) is 4.43. The van der Waals surface area contributed by atoms with Crippen molar-refractivity contribution in [1.82, 2.24) is 0 Å². The van der Waals surface area contributed by atoms with E-state index in [2.05, 4.69) is 43.8 Å². The van der Waals surface area contributed by atoms with Gasteiger partial charge >= 0.3 is 84.8 Å². The van der Waals surface area contributed by atoms with Crippen LogP contribution in [0.1, 0.15) is 19.8 Å². The Labute approximate surface area is 84.8 Å². The fourth-order valence-electron chi connectivity index (χ4n) is 0.985.